The van der Waals surface area contributed by atoms with Gasteiger partial charge in [-0.05, 0) is 38.0 Å². The molecule has 8 nitrogen and oxygen atoms in total. The Kier molecular flexibility index (Phi) is 6.43. The first-order valence-electron chi connectivity index (χ1n) is 9.38. The number of pyridine rings is 1. The van der Waals surface area contributed by atoms with Gasteiger partial charge < -0.3 is 14.8 Å². The van der Waals surface area contributed by atoms with Gasteiger partial charge in [0.25, 0.3) is 5.91 Å². The largest absolute Gasteiger partial charge is 0.496 e. The van der Waals surface area contributed by atoms with Crippen molar-refractivity contribution in [2.45, 2.75) is 26.3 Å². The molecule has 1 aromatic carbocycles. The maximum atomic E-state index is 12.2. The first kappa shape index (κ1) is 20.3. The van der Waals surface area contributed by atoms with E-state index in [2.05, 4.69) is 15.4 Å². The van der Waals surface area contributed by atoms with Gasteiger partial charge in [0.15, 0.2) is 12.3 Å². The molecule has 0 saturated heterocycles. The fraction of sp³-hybridized carbons (Fsp3) is 0.333. The Labute approximate surface area is 168 Å². The number of amides is 1. The molecule has 0 saturated carbocycles. The Bertz CT molecular complexity index is 1010. The van der Waals surface area contributed by atoms with Crippen molar-refractivity contribution in [1.82, 2.24) is 20.1 Å². The van der Waals surface area contributed by atoms with Crippen LogP contribution in [-0.4, -0.2) is 46.9 Å². The van der Waals surface area contributed by atoms with Gasteiger partial charge in [-0.2, -0.15) is 5.10 Å². The van der Waals surface area contributed by atoms with Crippen LogP contribution in [-0.2, 0) is 16.0 Å². The molecular formula is C21H24N4O4. The highest BCUT2D eigenvalue weighted by atomic mass is 16.5. The van der Waals surface area contributed by atoms with Crippen molar-refractivity contribution < 1.29 is 19.1 Å². The van der Waals surface area contributed by atoms with Crippen LogP contribution < -0.4 is 10.1 Å². The van der Waals surface area contributed by atoms with E-state index in [-0.39, 0.29) is 24.1 Å². The van der Waals surface area contributed by atoms with Crippen LogP contribution in [0.5, 0.6) is 5.75 Å². The van der Waals surface area contributed by atoms with Crippen molar-refractivity contribution in [3.63, 3.8) is 0 Å². The van der Waals surface area contributed by atoms with E-state index in [9.17, 15) is 9.59 Å². The van der Waals surface area contributed by atoms with Gasteiger partial charge in [-0.15, -0.1) is 0 Å². The summed E-state index contributed by atoms with van der Waals surface area (Å²) in [5.74, 6) is -0.191. The summed E-state index contributed by atoms with van der Waals surface area (Å²) in [6.45, 7) is 4.07. The number of rotatable bonds is 8. The molecule has 3 aromatic rings. The number of para-hydroxylation sites is 1. The zero-order valence-electron chi connectivity index (χ0n) is 16.7. The van der Waals surface area contributed by atoms with E-state index in [0.29, 0.717) is 18.6 Å². The number of carbonyl (C=O) groups excluding carboxylic acids is 2. The molecular weight excluding hydrogens is 372 g/mol. The summed E-state index contributed by atoms with van der Waals surface area (Å²) in [4.78, 5) is 28.5. The van der Waals surface area contributed by atoms with Gasteiger partial charge in [0.1, 0.15) is 5.75 Å². The Morgan fingerprint density at radius 3 is 2.76 bits per heavy atom. The normalized spacial score (nSPS) is 10.9. The van der Waals surface area contributed by atoms with Crippen molar-refractivity contribution in [1.29, 1.82) is 0 Å². The van der Waals surface area contributed by atoms with E-state index < -0.39 is 5.97 Å². The second-order valence-electron chi connectivity index (χ2n) is 6.81. The molecule has 0 aliphatic rings. The molecule has 0 fully saturated rings. The van der Waals surface area contributed by atoms with E-state index in [1.54, 1.807) is 24.1 Å². The first-order valence-corrected chi connectivity index (χ1v) is 9.38. The zero-order chi connectivity index (χ0) is 20.8. The Morgan fingerprint density at radius 1 is 1.21 bits per heavy atom. The average molecular weight is 396 g/mol. The average Bonchev–Trinajstić information content (AvgIpc) is 3.16. The number of ether oxygens (including phenoxy) is 2. The molecule has 2 heterocycles. The number of nitrogens with zero attached hydrogens (tertiary/aromatic N) is 3. The van der Waals surface area contributed by atoms with E-state index in [4.69, 9.17) is 9.47 Å². The smallest absolute Gasteiger partial charge is 0.340 e. The predicted molar refractivity (Wildman–Crippen MR) is 108 cm³/mol. The van der Waals surface area contributed by atoms with Crippen LogP contribution in [0.4, 0.5) is 0 Å². The van der Waals surface area contributed by atoms with Crippen LogP contribution in [0.3, 0.4) is 0 Å². The number of esters is 1. The van der Waals surface area contributed by atoms with Crippen molar-refractivity contribution in [3.05, 3.63) is 53.9 Å². The molecule has 2 aromatic heterocycles. The van der Waals surface area contributed by atoms with Crippen LogP contribution in [0.15, 0.2) is 42.7 Å². The number of carbonyl (C=O) groups is 2. The highest BCUT2D eigenvalue weighted by Crippen LogP contribution is 2.18. The van der Waals surface area contributed by atoms with Gasteiger partial charge in [0.05, 0.1) is 18.9 Å². The quantitative estimate of drug-likeness (QED) is 0.588. The topological polar surface area (TPSA) is 95.3 Å². The molecule has 0 unspecified atom stereocenters. The molecule has 1 N–H and O–H groups in total. The molecule has 8 heteroatoms. The maximum Gasteiger partial charge on any atom is 0.340 e. The number of hydrogen-bond acceptors (Lipinski definition) is 6. The second-order valence-corrected chi connectivity index (χ2v) is 6.81. The van der Waals surface area contributed by atoms with Crippen LogP contribution in [0.2, 0.25) is 0 Å². The highest BCUT2D eigenvalue weighted by Gasteiger charge is 2.14. The standard InChI is InChI=1S/C21H24N4O4/c1-14(2)25-20-16(12-24-25)10-17(11-23-20)21(27)29-13-19(26)22-9-8-15-6-4-5-7-18(15)28-3/h4-7,10-12,14H,8-9,13H2,1-3H3,(H,22,26). The molecule has 0 radical (unpaired) electrons. The van der Waals surface area contributed by atoms with E-state index in [1.165, 1.54) is 6.20 Å². The Morgan fingerprint density at radius 2 is 2.00 bits per heavy atom. The molecule has 1 amide bonds. The number of methoxy groups -OCH3 is 1. The number of aromatic nitrogens is 3. The van der Waals surface area contributed by atoms with Crippen LogP contribution >= 0.6 is 0 Å². The minimum atomic E-state index is -0.600. The monoisotopic (exact) mass is 396 g/mol. The third-order valence-electron chi connectivity index (χ3n) is 4.40. The summed E-state index contributed by atoms with van der Waals surface area (Å²) in [7, 11) is 1.61. The molecule has 0 aliphatic carbocycles. The summed E-state index contributed by atoms with van der Waals surface area (Å²) < 4.78 is 12.2. The van der Waals surface area contributed by atoms with Gasteiger partial charge >= 0.3 is 5.97 Å². The Balaban J connectivity index is 1.50. The van der Waals surface area contributed by atoms with Crippen molar-refractivity contribution in [2.24, 2.45) is 0 Å². The molecule has 0 bridgehead atoms. The van der Waals surface area contributed by atoms with Crippen LogP contribution in [0.1, 0.15) is 35.8 Å². The lowest BCUT2D eigenvalue weighted by Gasteiger charge is -2.09. The van der Waals surface area contributed by atoms with Crippen molar-refractivity contribution in [3.8, 4) is 5.75 Å². The molecule has 0 atom stereocenters. The van der Waals surface area contributed by atoms with Crippen LogP contribution in [0.25, 0.3) is 11.0 Å². The summed E-state index contributed by atoms with van der Waals surface area (Å²) in [5, 5.41) is 7.75. The lowest BCUT2D eigenvalue weighted by molar-refractivity contribution is -0.124. The zero-order valence-corrected chi connectivity index (χ0v) is 16.7. The predicted octanol–water partition coefficient (Wildman–Crippen LogP) is 2.54. The second kappa shape index (κ2) is 9.18. The number of fused-ring (bicyclic) bond motifs is 1. The molecule has 152 valence electrons. The number of hydrogen-bond donors (Lipinski definition) is 1. The first-order chi connectivity index (χ1) is 14.0. The highest BCUT2D eigenvalue weighted by molar-refractivity contribution is 5.94. The third kappa shape index (κ3) is 4.90. The molecule has 3 rings (SSSR count). The molecule has 0 aliphatic heterocycles. The third-order valence-corrected chi connectivity index (χ3v) is 4.40. The lowest BCUT2D eigenvalue weighted by Crippen LogP contribution is -2.30. The fourth-order valence-electron chi connectivity index (χ4n) is 2.94. The van der Waals surface area contributed by atoms with E-state index in [0.717, 1.165) is 16.7 Å². The van der Waals surface area contributed by atoms with Gasteiger partial charge in [-0.25, -0.2) is 14.5 Å². The molecule has 0 spiro atoms. The Hall–Kier alpha value is -3.42. The van der Waals surface area contributed by atoms with Crippen molar-refractivity contribution >= 4 is 22.9 Å². The van der Waals surface area contributed by atoms with Gasteiger partial charge in [0.2, 0.25) is 0 Å². The van der Waals surface area contributed by atoms with Crippen molar-refractivity contribution in [2.75, 3.05) is 20.3 Å². The van der Waals surface area contributed by atoms with Gasteiger partial charge in [-0.1, -0.05) is 18.2 Å². The summed E-state index contributed by atoms with van der Waals surface area (Å²) in [6, 6.07) is 9.44. The van der Waals surface area contributed by atoms with E-state index in [1.807, 2.05) is 38.1 Å². The van der Waals surface area contributed by atoms with Crippen LogP contribution in [0, 0.1) is 0 Å². The van der Waals surface area contributed by atoms with E-state index >= 15 is 0 Å². The lowest BCUT2D eigenvalue weighted by atomic mass is 10.1. The minimum absolute atomic E-state index is 0.164. The summed E-state index contributed by atoms with van der Waals surface area (Å²) in [6.07, 6.45) is 3.71. The SMILES string of the molecule is COc1ccccc1CCNC(=O)COC(=O)c1cnc2c(cnn2C(C)C)c1. The van der Waals surface area contributed by atoms with Gasteiger partial charge in [-0.3, -0.25) is 4.79 Å². The molecule has 29 heavy (non-hydrogen) atoms. The summed E-state index contributed by atoms with van der Waals surface area (Å²) >= 11 is 0. The number of nitrogens with one attached hydrogen (secondary N) is 1. The van der Waals surface area contributed by atoms with Gasteiger partial charge in [0, 0.05) is 24.2 Å². The summed E-state index contributed by atoms with van der Waals surface area (Å²) in [5.41, 5.74) is 1.97. The maximum absolute atomic E-state index is 12.2. The fourth-order valence-corrected chi connectivity index (χ4v) is 2.94. The minimum Gasteiger partial charge on any atom is -0.496 e. The number of benzene rings is 1.